The molecule has 10 nitrogen and oxygen atoms in total. The highest BCUT2D eigenvalue weighted by molar-refractivity contribution is 4.74. The number of nitrogens with zero attached hydrogens (tertiary/aromatic N) is 6. The van der Waals surface area contributed by atoms with E-state index >= 15 is 0 Å². The van der Waals surface area contributed by atoms with Crippen LogP contribution in [-0.4, -0.2) is 65.9 Å². The molecule has 0 fully saturated rings. The van der Waals surface area contributed by atoms with Crippen molar-refractivity contribution in [2.45, 2.75) is 6.92 Å². The summed E-state index contributed by atoms with van der Waals surface area (Å²) in [7, 11) is 0. The molecule has 10 heteroatoms. The van der Waals surface area contributed by atoms with Gasteiger partial charge in [0.1, 0.15) is 0 Å². The van der Waals surface area contributed by atoms with Gasteiger partial charge in [0.2, 0.25) is 0 Å². The molecule has 0 bridgehead atoms. The minimum Gasteiger partial charge on any atom is -0.381 e. The van der Waals surface area contributed by atoms with E-state index in [0.29, 0.717) is 52.9 Å². The van der Waals surface area contributed by atoms with Crippen LogP contribution in [0.15, 0.2) is 22.9 Å². The first-order valence-corrected chi connectivity index (χ1v) is 7.62. The molecule has 0 aromatic carbocycles. The van der Waals surface area contributed by atoms with Crippen molar-refractivity contribution in [3.05, 3.63) is 33.5 Å². The Balaban J connectivity index is 4.15. The number of azide groups is 2. The average Bonchev–Trinajstić information content (AvgIpc) is 2.58. The second-order valence-corrected chi connectivity index (χ2v) is 5.24. The summed E-state index contributed by atoms with van der Waals surface area (Å²) in [5, 5.41) is 6.83. The molecular formula is C14H26N6O4. The van der Waals surface area contributed by atoms with Crippen molar-refractivity contribution < 1.29 is 18.9 Å². The van der Waals surface area contributed by atoms with Gasteiger partial charge < -0.3 is 18.9 Å². The third-order valence-electron chi connectivity index (χ3n) is 2.76. The fraction of sp³-hybridized carbons (Fsp3) is 0.857. The highest BCUT2D eigenvalue weighted by atomic mass is 16.5. The average molecular weight is 342 g/mol. The van der Waals surface area contributed by atoms with Gasteiger partial charge in [-0.25, -0.2) is 0 Å². The molecule has 0 atom stereocenters. The zero-order valence-electron chi connectivity index (χ0n) is 14.2. The molecule has 0 aromatic heterocycles. The van der Waals surface area contributed by atoms with Crippen LogP contribution in [0, 0.1) is 5.41 Å². The Kier molecular flexibility index (Phi) is 14.9. The Morgan fingerprint density at radius 3 is 1.79 bits per heavy atom. The van der Waals surface area contributed by atoms with Crippen molar-refractivity contribution in [1.82, 2.24) is 0 Å². The van der Waals surface area contributed by atoms with E-state index in [1.807, 2.05) is 6.92 Å². The quantitative estimate of drug-likeness (QED) is 0.132. The lowest BCUT2D eigenvalue weighted by Crippen LogP contribution is -2.35. The Labute approximate surface area is 142 Å². The largest absolute Gasteiger partial charge is 0.381 e. The Morgan fingerprint density at radius 2 is 1.33 bits per heavy atom. The van der Waals surface area contributed by atoms with E-state index in [1.165, 1.54) is 0 Å². The number of hydrogen-bond donors (Lipinski definition) is 0. The van der Waals surface area contributed by atoms with Crippen molar-refractivity contribution >= 4 is 0 Å². The highest BCUT2D eigenvalue weighted by Gasteiger charge is 2.25. The fourth-order valence-corrected chi connectivity index (χ4v) is 1.67. The van der Waals surface area contributed by atoms with Gasteiger partial charge in [-0.1, -0.05) is 23.2 Å². The SMILES string of the molecule is C=CCOCCOCC(C)(COCCN=[N+]=[N-])COCCN=[N+]=[N-]. The molecule has 24 heavy (non-hydrogen) atoms. The summed E-state index contributed by atoms with van der Waals surface area (Å²) in [6, 6.07) is 0. The predicted molar refractivity (Wildman–Crippen MR) is 89.6 cm³/mol. The van der Waals surface area contributed by atoms with Crippen LogP contribution in [0.3, 0.4) is 0 Å². The Morgan fingerprint density at radius 1 is 0.875 bits per heavy atom. The molecule has 0 aliphatic rings. The fourth-order valence-electron chi connectivity index (χ4n) is 1.67. The minimum atomic E-state index is -0.370. The van der Waals surface area contributed by atoms with Gasteiger partial charge in [0.25, 0.3) is 0 Å². The first-order valence-electron chi connectivity index (χ1n) is 7.62. The molecule has 0 aliphatic heterocycles. The molecule has 136 valence electrons. The second kappa shape index (κ2) is 16.1. The summed E-state index contributed by atoms with van der Waals surface area (Å²) in [6.45, 7) is 9.41. The summed E-state index contributed by atoms with van der Waals surface area (Å²) < 4.78 is 21.9. The summed E-state index contributed by atoms with van der Waals surface area (Å²) in [5.41, 5.74) is 16.1. The van der Waals surface area contributed by atoms with Crippen molar-refractivity contribution in [1.29, 1.82) is 0 Å². The first kappa shape index (κ1) is 22.2. The van der Waals surface area contributed by atoms with Gasteiger partial charge in [0.05, 0.1) is 52.9 Å². The zero-order valence-corrected chi connectivity index (χ0v) is 14.2. The van der Waals surface area contributed by atoms with Crippen LogP contribution in [0.1, 0.15) is 6.92 Å². The van der Waals surface area contributed by atoms with E-state index in [0.717, 1.165) is 0 Å². The Bertz CT molecular complexity index is 395. The predicted octanol–water partition coefficient (Wildman–Crippen LogP) is 2.87. The molecule has 0 aliphatic carbocycles. The van der Waals surface area contributed by atoms with Crippen LogP contribution < -0.4 is 0 Å². The van der Waals surface area contributed by atoms with Gasteiger partial charge in [-0.3, -0.25) is 0 Å². The molecule has 0 unspecified atom stereocenters. The van der Waals surface area contributed by atoms with Gasteiger partial charge in [-0.15, -0.1) is 6.58 Å². The molecule has 0 rings (SSSR count). The molecule has 0 amide bonds. The van der Waals surface area contributed by atoms with Crippen molar-refractivity contribution in [2.24, 2.45) is 15.6 Å². The second-order valence-electron chi connectivity index (χ2n) is 5.24. The summed E-state index contributed by atoms with van der Waals surface area (Å²) in [4.78, 5) is 5.34. The van der Waals surface area contributed by atoms with Crippen LogP contribution in [0.4, 0.5) is 0 Å². The third-order valence-corrected chi connectivity index (χ3v) is 2.76. The maximum absolute atomic E-state index is 8.23. The molecule has 0 saturated heterocycles. The van der Waals surface area contributed by atoms with Crippen molar-refractivity contribution in [2.75, 3.05) is 65.9 Å². The van der Waals surface area contributed by atoms with E-state index in [1.54, 1.807) is 6.08 Å². The highest BCUT2D eigenvalue weighted by Crippen LogP contribution is 2.18. The number of rotatable bonds is 17. The maximum Gasteiger partial charge on any atom is 0.0704 e. The molecule has 0 spiro atoms. The lowest BCUT2D eigenvalue weighted by molar-refractivity contribution is -0.0646. The van der Waals surface area contributed by atoms with E-state index in [9.17, 15) is 0 Å². The van der Waals surface area contributed by atoms with Crippen molar-refractivity contribution in [3.8, 4) is 0 Å². The minimum absolute atomic E-state index is 0.278. The summed E-state index contributed by atoms with van der Waals surface area (Å²) in [5.74, 6) is 0. The van der Waals surface area contributed by atoms with Crippen LogP contribution >= 0.6 is 0 Å². The molecule has 0 saturated carbocycles. The monoisotopic (exact) mass is 342 g/mol. The van der Waals surface area contributed by atoms with Crippen LogP contribution in [0.2, 0.25) is 0 Å². The van der Waals surface area contributed by atoms with Crippen LogP contribution in [0.5, 0.6) is 0 Å². The molecule has 0 heterocycles. The summed E-state index contributed by atoms with van der Waals surface area (Å²) >= 11 is 0. The molecule has 0 aromatic rings. The lowest BCUT2D eigenvalue weighted by Gasteiger charge is -2.29. The normalized spacial score (nSPS) is 12.7. The molecular weight excluding hydrogens is 316 g/mol. The smallest absolute Gasteiger partial charge is 0.0704 e. The summed E-state index contributed by atoms with van der Waals surface area (Å²) in [6.07, 6.45) is 1.68. The zero-order chi connectivity index (χ0) is 17.9. The Hall–Kier alpha value is -1.80. The van der Waals surface area contributed by atoms with E-state index in [2.05, 4.69) is 26.6 Å². The third kappa shape index (κ3) is 13.8. The van der Waals surface area contributed by atoms with Crippen LogP contribution in [-0.2, 0) is 18.9 Å². The van der Waals surface area contributed by atoms with Gasteiger partial charge in [0, 0.05) is 28.3 Å². The topological polar surface area (TPSA) is 134 Å². The maximum atomic E-state index is 8.23. The van der Waals surface area contributed by atoms with Gasteiger partial charge in [0.15, 0.2) is 0 Å². The standard InChI is InChI=1S/C14H26N6O4/c1-3-6-21-9-10-24-13-14(2,11-22-7-4-17-19-15)12-23-8-5-18-20-16/h3H,1,4-13H2,2H3. The van der Waals surface area contributed by atoms with Gasteiger partial charge in [-0.2, -0.15) is 0 Å². The van der Waals surface area contributed by atoms with Crippen LogP contribution in [0.25, 0.3) is 20.9 Å². The molecule has 0 N–H and O–H groups in total. The number of ether oxygens (including phenoxy) is 4. The lowest BCUT2D eigenvalue weighted by atomic mass is 9.94. The van der Waals surface area contributed by atoms with Gasteiger partial charge >= 0.3 is 0 Å². The van der Waals surface area contributed by atoms with Crippen molar-refractivity contribution in [3.63, 3.8) is 0 Å². The van der Waals surface area contributed by atoms with Gasteiger partial charge in [-0.05, 0) is 11.1 Å². The first-order chi connectivity index (χ1) is 11.7. The van der Waals surface area contributed by atoms with E-state index in [-0.39, 0.29) is 18.5 Å². The molecule has 0 radical (unpaired) electrons. The van der Waals surface area contributed by atoms with E-state index in [4.69, 9.17) is 30.0 Å². The van der Waals surface area contributed by atoms with E-state index < -0.39 is 0 Å². The number of hydrogen-bond acceptors (Lipinski definition) is 6.